The predicted molar refractivity (Wildman–Crippen MR) is 67.4 cm³/mol. The van der Waals surface area contributed by atoms with Crippen LogP contribution in [0.2, 0.25) is 0 Å². The van der Waals surface area contributed by atoms with Gasteiger partial charge in [-0.2, -0.15) is 0 Å². The summed E-state index contributed by atoms with van der Waals surface area (Å²) in [5.41, 5.74) is 2.83. The Morgan fingerprint density at radius 1 is 1.13 bits per heavy atom. The second-order valence-corrected chi connectivity index (χ2v) is 4.36. The Labute approximate surface area is 91.9 Å². The molecule has 78 valence electrons. The fourth-order valence-corrected chi connectivity index (χ4v) is 1.99. The minimum atomic E-state index is 0.661. The zero-order valence-electron chi connectivity index (χ0n) is 9.75. The van der Waals surface area contributed by atoms with Gasteiger partial charge in [0.25, 0.3) is 0 Å². The highest BCUT2D eigenvalue weighted by Crippen LogP contribution is 2.25. The molecule has 0 bridgehead atoms. The summed E-state index contributed by atoms with van der Waals surface area (Å²) in [5, 5.41) is 2.75. The summed E-state index contributed by atoms with van der Waals surface area (Å²) < 4.78 is 0. The van der Waals surface area contributed by atoms with E-state index in [0.29, 0.717) is 5.92 Å². The molecule has 0 saturated heterocycles. The van der Waals surface area contributed by atoms with Gasteiger partial charge < -0.3 is 0 Å². The standard InChI is InChI=1S/C15H18/c1-4-11(2)14-9-8-13-7-5-6-12(3)15(13)10-14/h5-11H,4H2,1-3H3. The van der Waals surface area contributed by atoms with E-state index in [9.17, 15) is 0 Å². The normalized spacial score (nSPS) is 13.0. The maximum Gasteiger partial charge on any atom is -0.0152 e. The Bertz CT molecular complexity index is 468. The van der Waals surface area contributed by atoms with Crippen LogP contribution in [0.4, 0.5) is 0 Å². The maximum atomic E-state index is 2.35. The molecular weight excluding hydrogens is 180 g/mol. The zero-order valence-corrected chi connectivity index (χ0v) is 9.75. The van der Waals surface area contributed by atoms with Crippen molar-refractivity contribution in [3.63, 3.8) is 0 Å². The summed E-state index contributed by atoms with van der Waals surface area (Å²) in [5.74, 6) is 0.661. The van der Waals surface area contributed by atoms with Crippen LogP contribution < -0.4 is 0 Å². The highest BCUT2D eigenvalue weighted by atomic mass is 14.1. The molecule has 0 heterocycles. The van der Waals surface area contributed by atoms with Crippen molar-refractivity contribution in [3.8, 4) is 0 Å². The lowest BCUT2D eigenvalue weighted by Crippen LogP contribution is -1.91. The minimum Gasteiger partial charge on any atom is -0.0648 e. The highest BCUT2D eigenvalue weighted by molar-refractivity contribution is 5.86. The van der Waals surface area contributed by atoms with Crippen molar-refractivity contribution in [1.29, 1.82) is 0 Å². The molecular formula is C15H18. The Morgan fingerprint density at radius 3 is 2.67 bits per heavy atom. The molecule has 0 fully saturated rings. The number of hydrogen-bond donors (Lipinski definition) is 0. The van der Waals surface area contributed by atoms with E-state index in [4.69, 9.17) is 0 Å². The van der Waals surface area contributed by atoms with Crippen molar-refractivity contribution < 1.29 is 0 Å². The van der Waals surface area contributed by atoms with Crippen molar-refractivity contribution >= 4 is 10.8 Å². The lowest BCUT2D eigenvalue weighted by Gasteiger charge is -2.11. The Morgan fingerprint density at radius 2 is 1.93 bits per heavy atom. The average Bonchev–Trinajstić information content (AvgIpc) is 2.28. The quantitative estimate of drug-likeness (QED) is 0.658. The summed E-state index contributed by atoms with van der Waals surface area (Å²) in [6.45, 7) is 6.72. The molecule has 0 amide bonds. The van der Waals surface area contributed by atoms with Crippen LogP contribution in [-0.4, -0.2) is 0 Å². The molecule has 0 saturated carbocycles. The van der Waals surface area contributed by atoms with Gasteiger partial charge in [-0.1, -0.05) is 50.2 Å². The lowest BCUT2D eigenvalue weighted by molar-refractivity contribution is 0.734. The number of hydrogen-bond acceptors (Lipinski definition) is 0. The first kappa shape index (κ1) is 10.2. The third-order valence-corrected chi connectivity index (χ3v) is 3.31. The van der Waals surface area contributed by atoms with Gasteiger partial charge in [-0.25, -0.2) is 0 Å². The molecule has 15 heavy (non-hydrogen) atoms. The van der Waals surface area contributed by atoms with Crippen molar-refractivity contribution in [1.82, 2.24) is 0 Å². The van der Waals surface area contributed by atoms with Gasteiger partial charge in [0.2, 0.25) is 0 Å². The smallest absolute Gasteiger partial charge is 0.0152 e. The number of benzene rings is 2. The second-order valence-electron chi connectivity index (χ2n) is 4.36. The number of rotatable bonds is 2. The molecule has 0 aliphatic heterocycles. The monoisotopic (exact) mass is 198 g/mol. The summed E-state index contributed by atoms with van der Waals surface area (Å²) in [6.07, 6.45) is 1.21. The van der Waals surface area contributed by atoms with Crippen LogP contribution in [-0.2, 0) is 0 Å². The van der Waals surface area contributed by atoms with Crippen LogP contribution in [0.1, 0.15) is 37.3 Å². The summed E-state index contributed by atoms with van der Waals surface area (Å²) in [7, 11) is 0. The largest absolute Gasteiger partial charge is 0.0648 e. The molecule has 0 aliphatic rings. The molecule has 0 heteroatoms. The first-order valence-corrected chi connectivity index (χ1v) is 5.71. The predicted octanol–water partition coefficient (Wildman–Crippen LogP) is 4.66. The van der Waals surface area contributed by atoms with Crippen molar-refractivity contribution in [3.05, 3.63) is 47.5 Å². The lowest BCUT2D eigenvalue weighted by atomic mass is 9.94. The molecule has 0 radical (unpaired) electrons. The average molecular weight is 198 g/mol. The molecule has 0 aliphatic carbocycles. The van der Waals surface area contributed by atoms with E-state index in [1.54, 1.807) is 0 Å². The van der Waals surface area contributed by atoms with Crippen LogP contribution >= 0.6 is 0 Å². The minimum absolute atomic E-state index is 0.661. The number of fused-ring (bicyclic) bond motifs is 1. The van der Waals surface area contributed by atoms with E-state index in [1.807, 2.05) is 0 Å². The molecule has 0 spiro atoms. The van der Waals surface area contributed by atoms with Gasteiger partial charge in [0.05, 0.1) is 0 Å². The van der Waals surface area contributed by atoms with Gasteiger partial charge in [-0.3, -0.25) is 0 Å². The van der Waals surface area contributed by atoms with Gasteiger partial charge in [0, 0.05) is 0 Å². The van der Waals surface area contributed by atoms with Crippen molar-refractivity contribution in [2.75, 3.05) is 0 Å². The van der Waals surface area contributed by atoms with E-state index >= 15 is 0 Å². The van der Waals surface area contributed by atoms with Crippen LogP contribution in [0.15, 0.2) is 36.4 Å². The Hall–Kier alpha value is -1.30. The summed E-state index contributed by atoms with van der Waals surface area (Å²) in [4.78, 5) is 0. The molecule has 1 atom stereocenters. The first-order valence-electron chi connectivity index (χ1n) is 5.71. The summed E-state index contributed by atoms with van der Waals surface area (Å²) >= 11 is 0. The third kappa shape index (κ3) is 1.90. The second kappa shape index (κ2) is 4.06. The van der Waals surface area contributed by atoms with Crippen LogP contribution in [0.25, 0.3) is 10.8 Å². The molecule has 0 aromatic heterocycles. The summed E-state index contributed by atoms with van der Waals surface area (Å²) in [6, 6.07) is 13.3. The topological polar surface area (TPSA) is 0 Å². The maximum absolute atomic E-state index is 2.35. The van der Waals surface area contributed by atoms with Gasteiger partial charge in [0.1, 0.15) is 0 Å². The van der Waals surface area contributed by atoms with Crippen molar-refractivity contribution in [2.24, 2.45) is 0 Å². The van der Waals surface area contributed by atoms with E-state index in [1.165, 1.54) is 28.3 Å². The van der Waals surface area contributed by atoms with E-state index in [-0.39, 0.29) is 0 Å². The molecule has 2 aromatic rings. The van der Waals surface area contributed by atoms with Gasteiger partial charge >= 0.3 is 0 Å². The van der Waals surface area contributed by atoms with Gasteiger partial charge in [-0.05, 0) is 41.2 Å². The molecule has 1 unspecified atom stereocenters. The van der Waals surface area contributed by atoms with Gasteiger partial charge in [0.15, 0.2) is 0 Å². The molecule has 0 N–H and O–H groups in total. The SMILES string of the molecule is CCC(C)c1ccc2cccc(C)c2c1. The number of aryl methyl sites for hydroxylation is 1. The van der Waals surface area contributed by atoms with Gasteiger partial charge in [-0.15, -0.1) is 0 Å². The Kier molecular flexibility index (Phi) is 2.77. The van der Waals surface area contributed by atoms with Crippen molar-refractivity contribution in [2.45, 2.75) is 33.1 Å². The third-order valence-electron chi connectivity index (χ3n) is 3.31. The van der Waals surface area contributed by atoms with E-state index < -0.39 is 0 Å². The van der Waals surface area contributed by atoms with Crippen LogP contribution in [0.5, 0.6) is 0 Å². The fourth-order valence-electron chi connectivity index (χ4n) is 1.99. The fraction of sp³-hybridized carbons (Fsp3) is 0.333. The highest BCUT2D eigenvalue weighted by Gasteiger charge is 2.04. The zero-order chi connectivity index (χ0) is 10.8. The van der Waals surface area contributed by atoms with E-state index in [2.05, 4.69) is 57.2 Å². The first-order chi connectivity index (χ1) is 7.22. The molecule has 0 nitrogen and oxygen atoms in total. The van der Waals surface area contributed by atoms with E-state index in [0.717, 1.165) is 0 Å². The van der Waals surface area contributed by atoms with Crippen LogP contribution in [0.3, 0.4) is 0 Å². The molecule has 2 aromatic carbocycles. The molecule has 2 rings (SSSR count). The Balaban J connectivity index is 2.59. The van der Waals surface area contributed by atoms with Crippen LogP contribution in [0, 0.1) is 6.92 Å².